The van der Waals surface area contributed by atoms with Crippen LogP contribution in [0.15, 0.2) is 73.1 Å². The molecular weight excluding hydrogens is 385 g/mol. The highest BCUT2D eigenvalue weighted by Crippen LogP contribution is 2.36. The molecule has 0 unspecified atom stereocenters. The summed E-state index contributed by atoms with van der Waals surface area (Å²) in [5.41, 5.74) is 2.19. The largest absolute Gasteiger partial charge is 0.298 e. The average Bonchev–Trinajstić information content (AvgIpc) is 3.17. The highest BCUT2D eigenvalue weighted by molar-refractivity contribution is 6.11. The van der Waals surface area contributed by atoms with Gasteiger partial charge in [-0.2, -0.15) is 5.10 Å². The first-order valence-electron chi connectivity index (χ1n) is 9.03. The van der Waals surface area contributed by atoms with Gasteiger partial charge in [-0.1, -0.05) is 42.5 Å². The summed E-state index contributed by atoms with van der Waals surface area (Å²) < 4.78 is 14.5. The summed E-state index contributed by atoms with van der Waals surface area (Å²) in [6, 6.07) is 16.9. The van der Waals surface area contributed by atoms with Crippen LogP contribution in [0, 0.1) is 15.9 Å². The maximum Gasteiger partial charge on any atom is 0.298 e. The lowest BCUT2D eigenvalue weighted by molar-refractivity contribution is -0.383. The van der Waals surface area contributed by atoms with Crippen molar-refractivity contribution in [3.63, 3.8) is 0 Å². The molecule has 5 rings (SSSR count). The monoisotopic (exact) mass is 397 g/mol. The maximum atomic E-state index is 14.5. The molecule has 30 heavy (non-hydrogen) atoms. The smallest absolute Gasteiger partial charge is 0.258 e. The number of fused-ring (bicyclic) bond motifs is 3. The Morgan fingerprint density at radius 3 is 2.43 bits per heavy atom. The van der Waals surface area contributed by atoms with Crippen LogP contribution in [0.4, 0.5) is 10.1 Å². The Labute approximate surface area is 169 Å². The van der Waals surface area contributed by atoms with Crippen molar-refractivity contribution in [3.8, 4) is 22.5 Å². The zero-order chi connectivity index (χ0) is 20.7. The van der Waals surface area contributed by atoms with E-state index in [9.17, 15) is 14.5 Å². The Hall–Kier alpha value is -4.33. The molecule has 0 aliphatic rings. The molecule has 144 valence electrons. The molecule has 2 aromatic heterocycles. The second-order valence-electron chi connectivity index (χ2n) is 6.61. The Bertz CT molecular complexity index is 1440. The summed E-state index contributed by atoms with van der Waals surface area (Å²) in [5, 5.41) is 20.3. The predicted octanol–water partition coefficient (Wildman–Crippen LogP) is 4.95. The zero-order valence-electron chi connectivity index (χ0n) is 15.4. The lowest BCUT2D eigenvalue weighted by atomic mass is 10.0. The van der Waals surface area contributed by atoms with Crippen molar-refractivity contribution >= 4 is 27.5 Å². The molecule has 0 saturated carbocycles. The fraction of sp³-hybridized carbons (Fsp3) is 0. The molecule has 0 radical (unpaired) electrons. The van der Waals surface area contributed by atoms with E-state index < -0.39 is 10.7 Å². The van der Waals surface area contributed by atoms with Gasteiger partial charge >= 0.3 is 0 Å². The van der Waals surface area contributed by atoms with Crippen molar-refractivity contribution in [2.75, 3.05) is 0 Å². The van der Waals surface area contributed by atoms with Crippen molar-refractivity contribution in [1.29, 1.82) is 0 Å². The Morgan fingerprint density at radius 1 is 0.900 bits per heavy atom. The van der Waals surface area contributed by atoms with Gasteiger partial charge in [0.2, 0.25) is 0 Å². The van der Waals surface area contributed by atoms with Crippen molar-refractivity contribution in [3.05, 3.63) is 89.0 Å². The number of halogens is 1. The second-order valence-corrected chi connectivity index (χ2v) is 6.61. The van der Waals surface area contributed by atoms with E-state index in [1.807, 2.05) is 30.3 Å². The third-order valence-electron chi connectivity index (χ3n) is 4.83. The topological polar surface area (TPSA) is 94.7 Å². The number of non-ortho nitro benzene ring substituents is 1. The summed E-state index contributed by atoms with van der Waals surface area (Å²) in [6.07, 6.45) is 2.90. The zero-order valence-corrected chi connectivity index (χ0v) is 15.4. The van der Waals surface area contributed by atoms with Crippen molar-refractivity contribution in [2.45, 2.75) is 0 Å². The SMILES string of the molecule is O=[N+]([O-])c1cc2c(-c3ccccc3)nc(-c3ccccc3F)cnc2c2cnnc12. The molecule has 0 bridgehead atoms. The van der Waals surface area contributed by atoms with Crippen LogP contribution >= 0.6 is 0 Å². The van der Waals surface area contributed by atoms with Gasteiger partial charge < -0.3 is 0 Å². The number of hydrogen-bond donors (Lipinski definition) is 0. The molecule has 0 aliphatic heterocycles. The number of nitrogens with zero attached hydrogens (tertiary/aromatic N) is 5. The second kappa shape index (κ2) is 6.93. The number of nitro groups is 1. The molecule has 0 aliphatic carbocycles. The van der Waals surface area contributed by atoms with Crippen molar-refractivity contribution < 1.29 is 9.31 Å². The summed E-state index contributed by atoms with van der Waals surface area (Å²) in [4.78, 5) is 20.4. The van der Waals surface area contributed by atoms with Gasteiger partial charge in [-0.15, -0.1) is 5.10 Å². The van der Waals surface area contributed by atoms with Crippen molar-refractivity contribution in [1.82, 2.24) is 20.2 Å². The summed E-state index contributed by atoms with van der Waals surface area (Å²) >= 11 is 0. The molecule has 7 nitrogen and oxygen atoms in total. The van der Waals surface area contributed by atoms with Gasteiger partial charge in [0.05, 0.1) is 39.6 Å². The quantitative estimate of drug-likeness (QED) is 0.316. The molecule has 0 N–H and O–H groups in total. The molecular formula is C22H12FN5O2. The third-order valence-corrected chi connectivity index (χ3v) is 4.83. The van der Waals surface area contributed by atoms with Gasteiger partial charge in [-0.25, -0.2) is 9.37 Å². The normalized spacial score (nSPS) is 11.1. The van der Waals surface area contributed by atoms with Gasteiger partial charge in [-0.05, 0) is 12.1 Å². The lowest BCUT2D eigenvalue weighted by Crippen LogP contribution is -1.92. The summed E-state index contributed by atoms with van der Waals surface area (Å²) in [5.74, 6) is -0.436. The molecule has 8 heteroatoms. The number of rotatable bonds is 3. The first kappa shape index (κ1) is 17.7. The van der Waals surface area contributed by atoms with Gasteiger partial charge in [0.1, 0.15) is 5.82 Å². The highest BCUT2D eigenvalue weighted by atomic mass is 19.1. The first-order chi connectivity index (χ1) is 14.6. The molecule has 3 aromatic carbocycles. The Balaban J connectivity index is 1.97. The van der Waals surface area contributed by atoms with E-state index in [1.54, 1.807) is 18.2 Å². The fourth-order valence-corrected chi connectivity index (χ4v) is 3.45. The third kappa shape index (κ3) is 2.82. The van der Waals surface area contributed by atoms with Gasteiger partial charge in [0, 0.05) is 22.6 Å². The van der Waals surface area contributed by atoms with Crippen LogP contribution in [-0.4, -0.2) is 25.1 Å². The van der Waals surface area contributed by atoms with Crippen LogP contribution in [-0.2, 0) is 0 Å². The Morgan fingerprint density at radius 2 is 1.67 bits per heavy atom. The van der Waals surface area contributed by atoms with E-state index in [2.05, 4.69) is 15.2 Å². The molecule has 0 spiro atoms. The summed E-state index contributed by atoms with van der Waals surface area (Å²) in [6.45, 7) is 0. The molecule has 0 saturated heterocycles. The van der Waals surface area contributed by atoms with Crippen LogP contribution in [0.2, 0.25) is 0 Å². The van der Waals surface area contributed by atoms with Crippen molar-refractivity contribution in [2.24, 2.45) is 0 Å². The lowest BCUT2D eigenvalue weighted by Gasteiger charge is -2.04. The van der Waals surface area contributed by atoms with Gasteiger partial charge in [-0.3, -0.25) is 15.1 Å². The maximum absolute atomic E-state index is 14.5. The number of nitro benzene ring substituents is 1. The van der Waals surface area contributed by atoms with Crippen LogP contribution in [0.1, 0.15) is 0 Å². The first-order valence-corrected chi connectivity index (χ1v) is 9.03. The molecule has 0 atom stereocenters. The predicted molar refractivity (Wildman–Crippen MR) is 110 cm³/mol. The average molecular weight is 397 g/mol. The molecule has 0 fully saturated rings. The number of aromatic nitrogens is 4. The van der Waals surface area contributed by atoms with E-state index in [1.165, 1.54) is 24.5 Å². The van der Waals surface area contributed by atoms with Crippen LogP contribution < -0.4 is 0 Å². The minimum atomic E-state index is -0.504. The summed E-state index contributed by atoms with van der Waals surface area (Å²) in [7, 11) is 0. The molecule has 5 aromatic rings. The standard InChI is InChI=1S/C22H12FN5O2/c23-17-9-5-4-8-14(17)18-12-24-21-15(20(26-18)13-6-2-1-3-7-13)10-19(28(29)30)22-16(21)11-25-27-22/h1-12H. The number of benzene rings is 3. The van der Waals surface area contributed by atoms with Gasteiger partial charge in [0.25, 0.3) is 5.69 Å². The van der Waals surface area contributed by atoms with E-state index in [0.29, 0.717) is 27.7 Å². The fourth-order valence-electron chi connectivity index (χ4n) is 3.45. The highest BCUT2D eigenvalue weighted by Gasteiger charge is 2.21. The van der Waals surface area contributed by atoms with Crippen LogP contribution in [0.5, 0.6) is 0 Å². The van der Waals surface area contributed by atoms with Crippen LogP contribution in [0.3, 0.4) is 0 Å². The minimum Gasteiger partial charge on any atom is -0.258 e. The Kier molecular flexibility index (Phi) is 4.10. The van der Waals surface area contributed by atoms with E-state index in [0.717, 1.165) is 5.56 Å². The minimum absolute atomic E-state index is 0.151. The van der Waals surface area contributed by atoms with E-state index in [4.69, 9.17) is 4.98 Å². The number of hydrogen-bond acceptors (Lipinski definition) is 6. The molecule has 2 heterocycles. The van der Waals surface area contributed by atoms with E-state index >= 15 is 0 Å². The van der Waals surface area contributed by atoms with Crippen LogP contribution in [0.25, 0.3) is 44.3 Å². The van der Waals surface area contributed by atoms with Gasteiger partial charge in [0.15, 0.2) is 5.52 Å². The molecule has 0 amide bonds. The van der Waals surface area contributed by atoms with E-state index in [-0.39, 0.29) is 16.8 Å².